The molecule has 0 spiro atoms. The van der Waals surface area contributed by atoms with Gasteiger partial charge in [0.05, 0.1) is 19.1 Å². The van der Waals surface area contributed by atoms with E-state index in [1.165, 1.54) is 56.1 Å². The Hall–Kier alpha value is -0.150. The van der Waals surface area contributed by atoms with E-state index in [0.29, 0.717) is 16.7 Å². The molecule has 1 unspecified atom stereocenters. The third kappa shape index (κ3) is 2.25. The van der Waals surface area contributed by atoms with Crippen LogP contribution in [0.5, 0.6) is 0 Å². The van der Waals surface area contributed by atoms with Crippen LogP contribution in [0.2, 0.25) is 0 Å². The van der Waals surface area contributed by atoms with Gasteiger partial charge in [-0.1, -0.05) is 48.5 Å². The monoisotopic (exact) mass is 330 g/mol. The molecule has 23 heavy (non-hydrogen) atoms. The predicted molar refractivity (Wildman–Crippen MR) is 99.0 cm³/mol. The predicted octanol–water partition coefficient (Wildman–Crippen LogP) is 2.43. The number of nitrogens with zero attached hydrogens (tertiary/aromatic N) is 2. The van der Waals surface area contributed by atoms with Crippen molar-refractivity contribution in [3.63, 3.8) is 0 Å². The van der Waals surface area contributed by atoms with Gasteiger partial charge in [-0.05, 0) is 19.8 Å². The molecule has 0 radical (unpaired) electrons. The van der Waals surface area contributed by atoms with Gasteiger partial charge in [0.2, 0.25) is 0 Å². The maximum atomic E-state index is 2.95. The molecular formula is C20H43FN2. The van der Waals surface area contributed by atoms with Gasteiger partial charge in [-0.25, -0.2) is 4.90 Å². The number of halogens is 1. The van der Waals surface area contributed by atoms with Crippen LogP contribution in [-0.4, -0.2) is 46.3 Å². The molecule has 1 rings (SSSR count). The Morgan fingerprint density at radius 3 is 1.35 bits per heavy atom. The second kappa shape index (κ2) is 7.82. The summed E-state index contributed by atoms with van der Waals surface area (Å²) < 4.78 is 1.23. The van der Waals surface area contributed by atoms with E-state index in [9.17, 15) is 0 Å². The zero-order valence-electron chi connectivity index (χ0n) is 17.4. The fraction of sp³-hybridized carbons (Fsp3) is 1.00. The van der Waals surface area contributed by atoms with Crippen molar-refractivity contribution >= 4 is 0 Å². The van der Waals surface area contributed by atoms with Crippen LogP contribution in [0.1, 0.15) is 93.9 Å². The Kier molecular flexibility index (Phi) is 7.77. The van der Waals surface area contributed by atoms with E-state index in [-0.39, 0.29) is 4.70 Å². The molecule has 0 bridgehead atoms. The van der Waals surface area contributed by atoms with Crippen LogP contribution in [0.4, 0.5) is 0 Å². The molecular weight excluding hydrogens is 287 g/mol. The van der Waals surface area contributed by atoms with Gasteiger partial charge in [0.25, 0.3) is 0 Å². The number of hydrogen-bond donors (Lipinski definition) is 0. The first-order valence-corrected chi connectivity index (χ1v) is 10.0. The molecule has 1 saturated heterocycles. The van der Waals surface area contributed by atoms with Crippen molar-refractivity contribution in [3.8, 4) is 0 Å². The fourth-order valence-corrected chi connectivity index (χ4v) is 7.19. The lowest BCUT2D eigenvalue weighted by Crippen LogP contribution is -3.00. The Balaban J connectivity index is 0.00000484. The Bertz CT molecular complexity index is 347. The normalized spacial score (nSPS) is 28.6. The van der Waals surface area contributed by atoms with Crippen LogP contribution in [-0.2, 0) is 0 Å². The molecule has 1 aliphatic heterocycles. The molecule has 1 heterocycles. The van der Waals surface area contributed by atoms with Gasteiger partial charge >= 0.3 is 0 Å². The van der Waals surface area contributed by atoms with Crippen LogP contribution >= 0.6 is 0 Å². The van der Waals surface area contributed by atoms with E-state index in [2.05, 4.69) is 67.3 Å². The summed E-state index contributed by atoms with van der Waals surface area (Å²) in [4.78, 5) is 2.95. The van der Waals surface area contributed by atoms with Crippen molar-refractivity contribution in [2.75, 3.05) is 20.1 Å². The molecule has 1 fully saturated rings. The molecule has 3 heteroatoms. The first-order valence-electron chi connectivity index (χ1n) is 10.0. The number of hydrogen-bond acceptors (Lipinski definition) is 1. The van der Waals surface area contributed by atoms with Crippen LogP contribution in [0, 0.1) is 0 Å². The molecule has 2 nitrogen and oxygen atoms in total. The summed E-state index contributed by atoms with van der Waals surface area (Å²) in [6.07, 6.45) is 7.63. The Morgan fingerprint density at radius 1 is 0.696 bits per heavy atom. The minimum absolute atomic E-state index is 0. The molecule has 0 saturated carbocycles. The van der Waals surface area contributed by atoms with Crippen molar-refractivity contribution < 1.29 is 9.19 Å². The largest absolute Gasteiger partial charge is 1.00 e. The zero-order chi connectivity index (χ0) is 17.2. The highest BCUT2D eigenvalue weighted by Gasteiger charge is 2.75. The summed E-state index contributed by atoms with van der Waals surface area (Å²) in [5.74, 6) is 0. The highest BCUT2D eigenvalue weighted by molar-refractivity contribution is 5.15. The smallest absolute Gasteiger partial charge is 0.155 e. The second-order valence-electron chi connectivity index (χ2n) is 7.42. The van der Waals surface area contributed by atoms with Gasteiger partial charge in [0.15, 0.2) is 5.66 Å². The van der Waals surface area contributed by atoms with Gasteiger partial charge < -0.3 is 9.19 Å². The minimum atomic E-state index is 0. The molecule has 140 valence electrons. The molecule has 0 N–H and O–H groups in total. The standard InChI is InChI=1S/C20H43N2.FH/c1-10-18(11-2)19(12-3,13-4)22(9,17-8)20(14-5,15-6)21(18)16-7;/h10-17H2,1-9H3;1H/q+1;/p-1. The van der Waals surface area contributed by atoms with Crippen LogP contribution in [0.15, 0.2) is 0 Å². The van der Waals surface area contributed by atoms with Gasteiger partial charge in [-0.15, -0.1) is 0 Å². The van der Waals surface area contributed by atoms with Crippen LogP contribution in [0.3, 0.4) is 0 Å². The number of likely N-dealkylation sites (N-methyl/N-ethyl adjacent to an activating group) is 2. The molecule has 1 atom stereocenters. The fourth-order valence-electron chi connectivity index (χ4n) is 7.19. The van der Waals surface area contributed by atoms with Crippen LogP contribution in [0.25, 0.3) is 0 Å². The van der Waals surface area contributed by atoms with E-state index < -0.39 is 0 Å². The van der Waals surface area contributed by atoms with Crippen molar-refractivity contribution in [3.05, 3.63) is 0 Å². The molecule has 0 aliphatic carbocycles. The Labute approximate surface area is 145 Å². The molecule has 0 aromatic heterocycles. The van der Waals surface area contributed by atoms with Gasteiger partial charge in [-0.2, -0.15) is 0 Å². The lowest BCUT2D eigenvalue weighted by molar-refractivity contribution is -0.997. The quantitative estimate of drug-likeness (QED) is 0.618. The van der Waals surface area contributed by atoms with E-state index >= 15 is 0 Å². The van der Waals surface area contributed by atoms with Crippen molar-refractivity contribution in [2.45, 2.75) is 111 Å². The minimum Gasteiger partial charge on any atom is -1.00 e. The summed E-state index contributed by atoms with van der Waals surface area (Å²) in [6.45, 7) is 21.9. The maximum absolute atomic E-state index is 2.95. The van der Waals surface area contributed by atoms with Gasteiger partial charge in [0.1, 0.15) is 5.54 Å². The second-order valence-corrected chi connectivity index (χ2v) is 7.42. The summed E-state index contributed by atoms with van der Waals surface area (Å²) in [7, 11) is 2.58. The first kappa shape index (κ1) is 22.9. The maximum Gasteiger partial charge on any atom is 0.155 e. The lowest BCUT2D eigenvalue weighted by Gasteiger charge is -2.56. The molecule has 0 aromatic carbocycles. The summed E-state index contributed by atoms with van der Waals surface area (Å²) >= 11 is 0. The third-order valence-electron chi connectivity index (χ3n) is 8.17. The van der Waals surface area contributed by atoms with Crippen molar-refractivity contribution in [1.82, 2.24) is 4.90 Å². The van der Waals surface area contributed by atoms with Gasteiger partial charge in [-0.3, -0.25) is 0 Å². The van der Waals surface area contributed by atoms with Crippen molar-refractivity contribution in [1.29, 1.82) is 0 Å². The topological polar surface area (TPSA) is 3.24 Å². The van der Waals surface area contributed by atoms with Crippen LogP contribution < -0.4 is 4.70 Å². The highest BCUT2D eigenvalue weighted by atomic mass is 19.0. The summed E-state index contributed by atoms with van der Waals surface area (Å²) in [5, 5.41) is 0. The summed E-state index contributed by atoms with van der Waals surface area (Å²) in [6, 6.07) is 0. The first-order chi connectivity index (χ1) is 10.4. The highest BCUT2D eigenvalue weighted by Crippen LogP contribution is 2.61. The zero-order valence-corrected chi connectivity index (χ0v) is 17.4. The average Bonchev–Trinajstić information content (AvgIpc) is 2.73. The third-order valence-corrected chi connectivity index (χ3v) is 8.17. The average molecular weight is 331 g/mol. The van der Waals surface area contributed by atoms with E-state index in [1.807, 2.05) is 0 Å². The van der Waals surface area contributed by atoms with E-state index in [1.54, 1.807) is 0 Å². The SMILES string of the molecule is CCN1C(CC)(CC)C(CC)(CC)[N+](C)(CC)C1(CC)CC.[F-]. The van der Waals surface area contributed by atoms with E-state index in [4.69, 9.17) is 0 Å². The molecule has 0 aromatic rings. The molecule has 1 aliphatic rings. The summed E-state index contributed by atoms with van der Waals surface area (Å²) in [5.41, 5.74) is 0.997. The van der Waals surface area contributed by atoms with Gasteiger partial charge in [0, 0.05) is 32.2 Å². The number of rotatable bonds is 8. The molecule has 0 amide bonds. The lowest BCUT2D eigenvalue weighted by atomic mass is 9.68. The number of quaternary nitrogens is 1. The Morgan fingerprint density at radius 2 is 1.13 bits per heavy atom. The van der Waals surface area contributed by atoms with Crippen molar-refractivity contribution in [2.24, 2.45) is 0 Å². The van der Waals surface area contributed by atoms with E-state index in [0.717, 1.165) is 0 Å².